The van der Waals surface area contributed by atoms with E-state index in [1.165, 1.54) is 20.1 Å². The molecule has 0 N–H and O–H groups in total. The van der Waals surface area contributed by atoms with Crippen molar-refractivity contribution in [1.29, 1.82) is 0 Å². The zero-order valence-corrected chi connectivity index (χ0v) is 10.9. The van der Waals surface area contributed by atoms with Gasteiger partial charge in [-0.2, -0.15) is 0 Å². The van der Waals surface area contributed by atoms with Crippen molar-refractivity contribution in [1.82, 2.24) is 0 Å². The van der Waals surface area contributed by atoms with E-state index >= 15 is 0 Å². The van der Waals surface area contributed by atoms with Crippen LogP contribution in [0.2, 0.25) is 0 Å². The topological polar surface area (TPSA) is 30.2 Å². The molecule has 2 rings (SSSR count). The first-order valence-corrected chi connectivity index (χ1v) is 5.92. The van der Waals surface area contributed by atoms with E-state index in [0.29, 0.717) is 12.1 Å². The number of pyridine rings is 1. The Morgan fingerprint density at radius 2 is 2.16 bits per heavy atom. The van der Waals surface area contributed by atoms with Crippen molar-refractivity contribution in [2.24, 2.45) is 0 Å². The van der Waals surface area contributed by atoms with Gasteiger partial charge in [-0.05, 0) is 31.2 Å². The van der Waals surface area contributed by atoms with Crippen LogP contribution in [0.5, 0.6) is 5.75 Å². The molecule has 19 heavy (non-hydrogen) atoms. The summed E-state index contributed by atoms with van der Waals surface area (Å²) in [5, 5.41) is 0. The van der Waals surface area contributed by atoms with E-state index in [-0.39, 0.29) is 17.3 Å². The van der Waals surface area contributed by atoms with Gasteiger partial charge in [0.15, 0.2) is 36.3 Å². The second kappa shape index (κ2) is 5.61. The van der Waals surface area contributed by atoms with Crippen LogP contribution in [0.1, 0.15) is 22.8 Å². The highest BCUT2D eigenvalue weighted by Gasteiger charge is 2.09. The zero-order chi connectivity index (χ0) is 13.8. The number of carbonyl (C=O) groups excluding carboxylic acids is 1. The van der Waals surface area contributed by atoms with E-state index in [9.17, 15) is 9.18 Å². The third-order valence-electron chi connectivity index (χ3n) is 2.85. The van der Waals surface area contributed by atoms with Crippen molar-refractivity contribution < 1.29 is 18.5 Å². The van der Waals surface area contributed by atoms with Crippen LogP contribution in [0.15, 0.2) is 42.7 Å². The van der Waals surface area contributed by atoms with Gasteiger partial charge in [0.05, 0.1) is 12.7 Å². The van der Waals surface area contributed by atoms with Crippen molar-refractivity contribution in [3.8, 4) is 5.75 Å². The summed E-state index contributed by atoms with van der Waals surface area (Å²) in [5.74, 6) is -0.148. The first kappa shape index (κ1) is 13.2. The second-order valence-corrected chi connectivity index (χ2v) is 4.29. The van der Waals surface area contributed by atoms with E-state index in [1.54, 1.807) is 30.5 Å². The number of hydrogen-bond donors (Lipinski definition) is 0. The molecule has 0 atom stereocenters. The normalized spacial score (nSPS) is 10.3. The molecule has 0 spiro atoms. The van der Waals surface area contributed by atoms with Crippen molar-refractivity contribution in [3.63, 3.8) is 0 Å². The summed E-state index contributed by atoms with van der Waals surface area (Å²) in [6, 6.07) is 8.39. The third kappa shape index (κ3) is 3.16. The molecule has 0 bridgehead atoms. The van der Waals surface area contributed by atoms with Gasteiger partial charge in [-0.1, -0.05) is 0 Å². The number of Topliss-reactive ketones (excluding diaryl/α,β-unsaturated/α-hetero) is 1. The minimum atomic E-state index is -0.386. The molecule has 4 heteroatoms. The maximum Gasteiger partial charge on any atom is 0.179 e. The number of benzene rings is 1. The van der Waals surface area contributed by atoms with Crippen LogP contribution < -0.4 is 9.30 Å². The molecule has 0 unspecified atom stereocenters. The summed E-state index contributed by atoms with van der Waals surface area (Å²) < 4.78 is 20.3. The van der Waals surface area contributed by atoms with Crippen LogP contribution in [0.3, 0.4) is 0 Å². The minimum Gasteiger partial charge on any atom is -0.494 e. The smallest absolute Gasteiger partial charge is 0.179 e. The fourth-order valence-corrected chi connectivity index (χ4v) is 1.85. The van der Waals surface area contributed by atoms with Gasteiger partial charge in [0.1, 0.15) is 0 Å². The summed E-state index contributed by atoms with van der Waals surface area (Å²) in [4.78, 5) is 11.3. The maximum atomic E-state index is 13.6. The molecule has 2 aromatic rings. The van der Waals surface area contributed by atoms with Crippen LogP contribution >= 0.6 is 0 Å². The molecule has 0 aliphatic carbocycles. The highest BCUT2D eigenvalue weighted by atomic mass is 19.1. The first-order chi connectivity index (χ1) is 9.10. The van der Waals surface area contributed by atoms with Gasteiger partial charge < -0.3 is 4.74 Å². The monoisotopic (exact) mass is 260 g/mol. The second-order valence-electron chi connectivity index (χ2n) is 4.29. The van der Waals surface area contributed by atoms with Gasteiger partial charge in [0, 0.05) is 11.6 Å². The number of ketones is 1. The lowest BCUT2D eigenvalue weighted by Gasteiger charge is -2.03. The van der Waals surface area contributed by atoms with Crippen LogP contribution in [0, 0.1) is 5.82 Å². The van der Waals surface area contributed by atoms with Crippen LogP contribution in [0.4, 0.5) is 4.39 Å². The Labute approximate surface area is 111 Å². The van der Waals surface area contributed by atoms with Crippen molar-refractivity contribution >= 4 is 5.78 Å². The summed E-state index contributed by atoms with van der Waals surface area (Å²) in [5.41, 5.74) is 1.44. The van der Waals surface area contributed by atoms with Gasteiger partial charge in [-0.15, -0.1) is 0 Å². The van der Waals surface area contributed by atoms with Gasteiger partial charge in [-0.3, -0.25) is 4.79 Å². The number of hydrogen-bond acceptors (Lipinski definition) is 2. The lowest BCUT2D eigenvalue weighted by molar-refractivity contribution is -0.688. The number of methoxy groups -OCH3 is 1. The molecular formula is C15H15FNO2+. The fourth-order valence-electron chi connectivity index (χ4n) is 1.85. The molecular weight excluding hydrogens is 245 g/mol. The molecule has 3 nitrogen and oxygen atoms in total. The highest BCUT2D eigenvalue weighted by Crippen LogP contribution is 2.17. The van der Waals surface area contributed by atoms with Crippen molar-refractivity contribution in [3.05, 3.63) is 59.7 Å². The third-order valence-corrected chi connectivity index (χ3v) is 2.85. The molecule has 0 saturated carbocycles. The number of nitrogens with zero attached hydrogens (tertiary/aromatic N) is 1. The summed E-state index contributed by atoms with van der Waals surface area (Å²) >= 11 is 0. The maximum absolute atomic E-state index is 13.6. The summed E-state index contributed by atoms with van der Waals surface area (Å²) in [6.45, 7) is 2.02. The molecule has 1 aromatic carbocycles. The largest absolute Gasteiger partial charge is 0.494 e. The Hall–Kier alpha value is -2.23. The molecule has 0 amide bonds. The van der Waals surface area contributed by atoms with Gasteiger partial charge in [0.25, 0.3) is 0 Å². The summed E-state index contributed by atoms with van der Waals surface area (Å²) in [6.07, 6.45) is 3.60. The number of aromatic nitrogens is 1. The SMILES string of the molecule is COc1ccc(C[n+]2cccc(C(C)=O)c2)cc1F. The van der Waals surface area contributed by atoms with Crippen LogP contribution in [-0.4, -0.2) is 12.9 Å². The van der Waals surface area contributed by atoms with E-state index in [0.717, 1.165) is 5.56 Å². The number of carbonyl (C=O) groups is 1. The molecule has 0 radical (unpaired) electrons. The quantitative estimate of drug-likeness (QED) is 0.624. The van der Waals surface area contributed by atoms with Crippen molar-refractivity contribution in [2.75, 3.05) is 7.11 Å². The van der Waals surface area contributed by atoms with Crippen molar-refractivity contribution in [2.45, 2.75) is 13.5 Å². The van der Waals surface area contributed by atoms with Gasteiger partial charge in [0.2, 0.25) is 0 Å². The molecule has 0 aliphatic heterocycles. The standard InChI is InChI=1S/C15H15FNO2/c1-11(18)13-4-3-7-17(10-13)9-12-5-6-15(19-2)14(16)8-12/h3-8,10H,9H2,1-2H3/q+1. The Morgan fingerprint density at radius 1 is 1.37 bits per heavy atom. The molecule has 1 heterocycles. The Morgan fingerprint density at radius 3 is 2.79 bits per heavy atom. The molecule has 0 aliphatic rings. The number of rotatable bonds is 4. The average molecular weight is 260 g/mol. The predicted octanol–water partition coefficient (Wildman–Crippen LogP) is 2.37. The lowest BCUT2D eigenvalue weighted by Crippen LogP contribution is -2.34. The zero-order valence-electron chi connectivity index (χ0n) is 10.9. The average Bonchev–Trinajstić information content (AvgIpc) is 2.39. The molecule has 98 valence electrons. The number of ether oxygens (including phenoxy) is 1. The predicted molar refractivity (Wildman–Crippen MR) is 68.7 cm³/mol. The van der Waals surface area contributed by atoms with E-state index in [1.807, 2.05) is 10.8 Å². The minimum absolute atomic E-state index is 0.00950. The Balaban J connectivity index is 2.23. The molecule has 0 saturated heterocycles. The molecule has 1 aromatic heterocycles. The molecule has 0 fully saturated rings. The van der Waals surface area contributed by atoms with Crippen LogP contribution in [-0.2, 0) is 6.54 Å². The van der Waals surface area contributed by atoms with Crippen LogP contribution in [0.25, 0.3) is 0 Å². The fraction of sp³-hybridized carbons (Fsp3) is 0.200. The summed E-state index contributed by atoms with van der Waals surface area (Å²) in [7, 11) is 1.43. The lowest BCUT2D eigenvalue weighted by atomic mass is 10.2. The first-order valence-electron chi connectivity index (χ1n) is 5.92. The van der Waals surface area contributed by atoms with E-state index in [2.05, 4.69) is 0 Å². The van der Waals surface area contributed by atoms with E-state index in [4.69, 9.17) is 4.74 Å². The van der Waals surface area contributed by atoms with Gasteiger partial charge in [-0.25, -0.2) is 8.96 Å². The highest BCUT2D eigenvalue weighted by molar-refractivity contribution is 5.93. The number of halogens is 1. The van der Waals surface area contributed by atoms with Gasteiger partial charge >= 0.3 is 0 Å². The van der Waals surface area contributed by atoms with E-state index < -0.39 is 0 Å². The Bertz CT molecular complexity index is 611. The Kier molecular flexibility index (Phi) is 3.90.